The number of methoxy groups -OCH3 is 1. The number of aliphatic carboxylic acids is 1. The molecule has 2 aromatic rings. The van der Waals surface area contributed by atoms with Gasteiger partial charge >= 0.3 is 18.0 Å². The zero-order valence-electron chi connectivity index (χ0n) is 23.5. The number of nitrogens with one attached hydrogen (secondary N) is 2. The van der Waals surface area contributed by atoms with Crippen molar-refractivity contribution >= 4 is 45.2 Å². The molecule has 3 N–H and O–H groups in total. The fourth-order valence-electron chi connectivity index (χ4n) is 4.11. The van der Waals surface area contributed by atoms with Gasteiger partial charge < -0.3 is 20.1 Å². The third-order valence-corrected chi connectivity index (χ3v) is 8.98. The Kier molecular flexibility index (Phi) is 11.7. The van der Waals surface area contributed by atoms with Crippen LogP contribution in [0.25, 0.3) is 11.1 Å². The van der Waals surface area contributed by atoms with Gasteiger partial charge in [0.15, 0.2) is 0 Å². The monoisotopic (exact) mass is 595 g/mol. The number of carboxylic acid groups (broad SMARTS) is 1. The molecule has 0 unspecified atom stereocenters. The van der Waals surface area contributed by atoms with Crippen molar-refractivity contribution in [3.63, 3.8) is 0 Å². The fraction of sp³-hybridized carbons (Fsp3) is 0.481. The normalized spacial score (nSPS) is 12.2. The lowest BCUT2D eigenvalue weighted by atomic mass is 10.00. The smallest absolute Gasteiger partial charge is 0.328 e. The second-order valence-corrected chi connectivity index (χ2v) is 13.0. The highest BCUT2D eigenvalue weighted by molar-refractivity contribution is 7.92. The molecule has 11 nitrogen and oxygen atoms in total. The first-order chi connectivity index (χ1) is 18.7. The molecule has 2 rings (SSSR count). The second-order valence-electron chi connectivity index (χ2n) is 10.0. The van der Waals surface area contributed by atoms with E-state index in [2.05, 4.69) is 5.32 Å². The number of amides is 3. The minimum Gasteiger partial charge on any atom is -0.481 e. The molecule has 0 aliphatic carbocycles. The molecule has 3 amide bonds. The number of carbonyl (C=O) groups is 4. The van der Waals surface area contributed by atoms with Crippen LogP contribution in [-0.4, -0.2) is 62.5 Å². The topological polar surface area (TPSA) is 159 Å². The Morgan fingerprint density at radius 3 is 2.17 bits per heavy atom. The van der Waals surface area contributed by atoms with E-state index in [9.17, 15) is 27.6 Å². The van der Waals surface area contributed by atoms with E-state index < -0.39 is 39.9 Å². The van der Waals surface area contributed by atoms with Crippen molar-refractivity contribution in [2.24, 2.45) is 11.8 Å². The van der Waals surface area contributed by atoms with Gasteiger partial charge in [0.25, 0.3) is 10.0 Å². The van der Waals surface area contributed by atoms with Gasteiger partial charge in [-0.2, -0.15) is 0 Å². The van der Waals surface area contributed by atoms with Crippen LogP contribution in [-0.2, 0) is 42.1 Å². The molecular weight excluding hydrogens is 558 g/mol. The molecule has 0 aliphatic heterocycles. The number of benzene rings is 1. The SMILES string of the molecule is CNC(=O)NS(=O)(=O)c1sc(CC(C)C)cc1-c1ccc(CN(C(=O)CCC(=O)O)[C@H](C(=O)OC)C(C)C)cc1. The maximum absolute atomic E-state index is 13.0. The molecule has 1 heterocycles. The standard InChI is InChI=1S/C27H37N3O8S2/c1-16(2)13-20-14-21(26(39-20)40(36,37)29-27(35)28-5)19-9-7-18(8-10-19)15-30(22(31)11-12-23(32)33)24(17(3)4)25(34)38-6/h7-10,14,16-17,24H,11-13,15H2,1-6H3,(H,32,33)(H2,28,29,35)/t24-/m0/s1. The number of urea groups is 1. The van der Waals surface area contributed by atoms with E-state index in [1.54, 1.807) is 44.2 Å². The third kappa shape index (κ3) is 8.78. The summed E-state index contributed by atoms with van der Waals surface area (Å²) in [5, 5.41) is 11.3. The first-order valence-corrected chi connectivity index (χ1v) is 15.1. The zero-order valence-corrected chi connectivity index (χ0v) is 25.1. The number of hydrogen-bond donors (Lipinski definition) is 3. The Hall–Kier alpha value is -3.45. The van der Waals surface area contributed by atoms with Gasteiger partial charge in [-0.15, -0.1) is 11.3 Å². The summed E-state index contributed by atoms with van der Waals surface area (Å²) in [4.78, 5) is 50.6. The van der Waals surface area contributed by atoms with Crippen molar-refractivity contribution in [2.45, 2.75) is 63.8 Å². The summed E-state index contributed by atoms with van der Waals surface area (Å²) in [5.41, 5.74) is 1.67. The summed E-state index contributed by atoms with van der Waals surface area (Å²) in [6.45, 7) is 7.59. The van der Waals surface area contributed by atoms with Gasteiger partial charge in [0.2, 0.25) is 5.91 Å². The molecule has 13 heteroatoms. The van der Waals surface area contributed by atoms with Crippen LogP contribution < -0.4 is 10.0 Å². The minimum absolute atomic E-state index is 0.00976. The van der Waals surface area contributed by atoms with E-state index in [1.165, 1.54) is 19.1 Å². The Morgan fingerprint density at radius 1 is 1.05 bits per heavy atom. The highest BCUT2D eigenvalue weighted by Gasteiger charge is 2.33. The molecule has 0 saturated heterocycles. The first kappa shape index (κ1) is 32.8. The van der Waals surface area contributed by atoms with Gasteiger partial charge in [-0.3, -0.25) is 9.59 Å². The molecular formula is C27H37N3O8S2. The summed E-state index contributed by atoms with van der Waals surface area (Å²) in [5.74, 6) is -2.25. The van der Waals surface area contributed by atoms with Crippen LogP contribution in [0.2, 0.25) is 0 Å². The number of thiophene rings is 1. The van der Waals surface area contributed by atoms with Crippen LogP contribution >= 0.6 is 11.3 Å². The van der Waals surface area contributed by atoms with Crippen molar-refractivity contribution in [3.8, 4) is 11.1 Å². The average molecular weight is 596 g/mol. The van der Waals surface area contributed by atoms with E-state index in [-0.39, 0.29) is 35.4 Å². The number of esters is 1. The van der Waals surface area contributed by atoms with Crippen LogP contribution in [0.5, 0.6) is 0 Å². The summed E-state index contributed by atoms with van der Waals surface area (Å²) in [7, 11) is -1.60. The summed E-state index contributed by atoms with van der Waals surface area (Å²) in [6, 6.07) is 6.86. The van der Waals surface area contributed by atoms with Crippen LogP contribution in [0.15, 0.2) is 34.5 Å². The number of carboxylic acids is 1. The average Bonchev–Trinajstić information content (AvgIpc) is 3.30. The highest BCUT2D eigenvalue weighted by Crippen LogP contribution is 2.36. The van der Waals surface area contributed by atoms with Crippen LogP contribution in [0.4, 0.5) is 4.79 Å². The summed E-state index contributed by atoms with van der Waals surface area (Å²) < 4.78 is 33.0. The van der Waals surface area contributed by atoms with Crippen molar-refractivity contribution in [2.75, 3.05) is 14.2 Å². The van der Waals surface area contributed by atoms with Crippen LogP contribution in [0.1, 0.15) is 51.0 Å². The van der Waals surface area contributed by atoms with Gasteiger partial charge in [-0.1, -0.05) is 52.0 Å². The van der Waals surface area contributed by atoms with E-state index in [0.29, 0.717) is 23.1 Å². The predicted octanol–water partition coefficient (Wildman–Crippen LogP) is 3.62. The van der Waals surface area contributed by atoms with Crippen molar-refractivity contribution in [3.05, 3.63) is 40.8 Å². The minimum atomic E-state index is -4.15. The number of ether oxygens (including phenoxy) is 1. The summed E-state index contributed by atoms with van der Waals surface area (Å²) in [6.07, 6.45) is 0.00195. The molecule has 0 spiro atoms. The van der Waals surface area contributed by atoms with Gasteiger partial charge in [-0.25, -0.2) is 22.7 Å². The highest BCUT2D eigenvalue weighted by atomic mass is 32.2. The second kappa shape index (κ2) is 14.3. The van der Waals surface area contributed by atoms with E-state index >= 15 is 0 Å². The molecule has 220 valence electrons. The maximum Gasteiger partial charge on any atom is 0.328 e. The molecule has 1 aromatic heterocycles. The Labute approximate surface area is 239 Å². The van der Waals surface area contributed by atoms with Crippen LogP contribution in [0.3, 0.4) is 0 Å². The van der Waals surface area contributed by atoms with Gasteiger partial charge in [-0.05, 0) is 35.4 Å². The third-order valence-electron chi connectivity index (χ3n) is 5.96. The number of hydrogen-bond acceptors (Lipinski definition) is 8. The zero-order chi connectivity index (χ0) is 30.2. The molecule has 0 bridgehead atoms. The maximum atomic E-state index is 13.0. The number of carbonyl (C=O) groups excluding carboxylic acids is 3. The molecule has 1 atom stereocenters. The molecule has 0 radical (unpaired) electrons. The van der Waals surface area contributed by atoms with Crippen molar-refractivity contribution in [1.29, 1.82) is 0 Å². The van der Waals surface area contributed by atoms with E-state index in [1.807, 2.05) is 18.6 Å². The lowest BCUT2D eigenvalue weighted by Gasteiger charge is -2.32. The Bertz CT molecular complexity index is 1320. The Balaban J connectivity index is 2.48. The lowest BCUT2D eigenvalue weighted by Crippen LogP contribution is -2.48. The molecule has 0 aliphatic rings. The Morgan fingerprint density at radius 2 is 1.68 bits per heavy atom. The number of nitrogens with zero attached hydrogens (tertiary/aromatic N) is 1. The number of sulfonamides is 1. The largest absolute Gasteiger partial charge is 0.481 e. The predicted molar refractivity (Wildman–Crippen MR) is 151 cm³/mol. The molecule has 40 heavy (non-hydrogen) atoms. The van der Waals surface area contributed by atoms with Crippen molar-refractivity contribution in [1.82, 2.24) is 14.9 Å². The van der Waals surface area contributed by atoms with E-state index in [4.69, 9.17) is 9.84 Å². The fourth-order valence-corrected chi connectivity index (χ4v) is 7.02. The quantitative estimate of drug-likeness (QED) is 0.296. The van der Waals surface area contributed by atoms with Gasteiger partial charge in [0, 0.05) is 30.5 Å². The molecule has 0 fully saturated rings. The van der Waals surface area contributed by atoms with Crippen molar-refractivity contribution < 1.29 is 37.4 Å². The number of rotatable bonds is 13. The van der Waals surface area contributed by atoms with Crippen LogP contribution in [0, 0.1) is 11.8 Å². The molecule has 1 aromatic carbocycles. The summed E-state index contributed by atoms with van der Waals surface area (Å²) >= 11 is 1.10. The van der Waals surface area contributed by atoms with Gasteiger partial charge in [0.05, 0.1) is 13.5 Å². The van der Waals surface area contributed by atoms with E-state index in [0.717, 1.165) is 16.2 Å². The lowest BCUT2D eigenvalue weighted by molar-refractivity contribution is -0.156. The molecule has 0 saturated carbocycles. The van der Waals surface area contributed by atoms with Gasteiger partial charge in [0.1, 0.15) is 10.3 Å². The first-order valence-electron chi connectivity index (χ1n) is 12.8.